The molecule has 0 spiro atoms. The number of hydrogen-bond donors (Lipinski definition) is 1. The van der Waals surface area contributed by atoms with Crippen molar-refractivity contribution >= 4 is 35.0 Å². The highest BCUT2D eigenvalue weighted by Gasteiger charge is 2.15. The minimum atomic E-state index is -0.802. The molecule has 9 heteroatoms. The fourth-order valence-electron chi connectivity index (χ4n) is 2.44. The average molecular weight is 412 g/mol. The van der Waals surface area contributed by atoms with Crippen molar-refractivity contribution in [1.82, 2.24) is 0 Å². The van der Waals surface area contributed by atoms with Gasteiger partial charge in [-0.05, 0) is 30.3 Å². The molecule has 1 heterocycles. The van der Waals surface area contributed by atoms with E-state index < -0.39 is 16.6 Å². The fourth-order valence-corrected chi connectivity index (χ4v) is 2.70. The molecule has 0 unspecified atom stereocenters. The van der Waals surface area contributed by atoms with Gasteiger partial charge >= 0.3 is 0 Å². The number of nitrogens with zero attached hydrogens (tertiary/aromatic N) is 2. The van der Waals surface area contributed by atoms with E-state index in [9.17, 15) is 24.6 Å². The van der Waals surface area contributed by atoms with E-state index in [0.717, 1.165) is 0 Å². The molecule has 3 aromatic rings. The molecule has 0 aliphatic rings. The number of carbonyl (C=O) groups excluding carboxylic acids is 1. The fraction of sp³-hybridized carbons (Fsp3) is 0. The lowest BCUT2D eigenvalue weighted by molar-refractivity contribution is -0.384. The average Bonchev–Trinajstić information content (AvgIpc) is 3.16. The number of nitriles is 1. The summed E-state index contributed by atoms with van der Waals surface area (Å²) in [5.74, 6) is -0.965. The highest BCUT2D eigenvalue weighted by molar-refractivity contribution is 6.33. The van der Waals surface area contributed by atoms with Gasteiger partial charge in [0, 0.05) is 23.8 Å². The van der Waals surface area contributed by atoms with Gasteiger partial charge in [-0.25, -0.2) is 4.39 Å². The van der Waals surface area contributed by atoms with E-state index in [0.29, 0.717) is 11.3 Å². The van der Waals surface area contributed by atoms with E-state index in [1.54, 1.807) is 18.2 Å². The molecule has 1 N–H and O–H groups in total. The summed E-state index contributed by atoms with van der Waals surface area (Å²) in [5.41, 5.74) is -0.117. The van der Waals surface area contributed by atoms with Gasteiger partial charge in [-0.15, -0.1) is 0 Å². The molecule has 0 fully saturated rings. The minimum absolute atomic E-state index is 0.0588. The molecule has 0 atom stereocenters. The molecule has 3 rings (SSSR count). The maximum Gasteiger partial charge on any atom is 0.270 e. The molecule has 1 aromatic heterocycles. The smallest absolute Gasteiger partial charge is 0.270 e. The second-order valence-electron chi connectivity index (χ2n) is 5.73. The number of nitro groups is 1. The van der Waals surface area contributed by atoms with Gasteiger partial charge in [0.15, 0.2) is 0 Å². The number of carbonyl (C=O) groups is 1. The Morgan fingerprint density at radius 2 is 2.00 bits per heavy atom. The van der Waals surface area contributed by atoms with Crippen molar-refractivity contribution in [2.75, 3.05) is 5.32 Å². The van der Waals surface area contributed by atoms with Crippen molar-refractivity contribution in [2.45, 2.75) is 0 Å². The van der Waals surface area contributed by atoms with Crippen molar-refractivity contribution in [2.24, 2.45) is 0 Å². The lowest BCUT2D eigenvalue weighted by atomic mass is 10.1. The summed E-state index contributed by atoms with van der Waals surface area (Å²) in [6.45, 7) is 0. The van der Waals surface area contributed by atoms with Crippen molar-refractivity contribution in [3.8, 4) is 17.4 Å². The van der Waals surface area contributed by atoms with Crippen LogP contribution in [0.3, 0.4) is 0 Å². The van der Waals surface area contributed by atoms with Crippen LogP contribution in [0.5, 0.6) is 0 Å². The summed E-state index contributed by atoms with van der Waals surface area (Å²) in [6.07, 6.45) is 1.19. The highest BCUT2D eigenvalue weighted by atomic mass is 35.5. The van der Waals surface area contributed by atoms with Gasteiger partial charge in [-0.3, -0.25) is 14.9 Å². The van der Waals surface area contributed by atoms with Crippen LogP contribution in [0.15, 0.2) is 64.6 Å². The molecule has 29 heavy (non-hydrogen) atoms. The van der Waals surface area contributed by atoms with E-state index in [1.807, 2.05) is 0 Å². The van der Waals surface area contributed by atoms with Crippen LogP contribution in [0.1, 0.15) is 5.76 Å². The summed E-state index contributed by atoms with van der Waals surface area (Å²) < 4.78 is 19.2. The molecule has 0 bridgehead atoms. The standard InChI is InChI=1S/C20H11ClFN3O4/c21-16-10-13(25(27)28)5-7-15(16)19-8-6-14(29-19)9-12(11-23)20(26)24-18-4-2-1-3-17(18)22/h1-10H,(H,24,26)/b12-9+. The first-order valence-corrected chi connectivity index (χ1v) is 8.48. The zero-order valence-corrected chi connectivity index (χ0v) is 15.3. The molecule has 0 aliphatic carbocycles. The van der Waals surface area contributed by atoms with Gasteiger partial charge in [-0.2, -0.15) is 5.26 Å². The molecular weight excluding hydrogens is 401 g/mol. The molecule has 2 aromatic carbocycles. The van der Waals surface area contributed by atoms with Gasteiger partial charge in [-0.1, -0.05) is 23.7 Å². The number of nitrogens with one attached hydrogen (secondary N) is 1. The van der Waals surface area contributed by atoms with Crippen LogP contribution >= 0.6 is 11.6 Å². The topological polar surface area (TPSA) is 109 Å². The predicted molar refractivity (Wildman–Crippen MR) is 104 cm³/mol. The lowest BCUT2D eigenvalue weighted by Crippen LogP contribution is -2.14. The van der Waals surface area contributed by atoms with E-state index in [2.05, 4.69) is 5.32 Å². The molecule has 0 radical (unpaired) electrons. The number of non-ortho nitro benzene ring substituents is 1. The van der Waals surface area contributed by atoms with E-state index in [1.165, 1.54) is 48.5 Å². The summed E-state index contributed by atoms with van der Waals surface area (Å²) in [7, 11) is 0. The van der Waals surface area contributed by atoms with Crippen LogP contribution in [0.25, 0.3) is 17.4 Å². The molecular formula is C20H11ClFN3O4. The Hall–Kier alpha value is -3.96. The van der Waals surface area contributed by atoms with Crippen molar-refractivity contribution in [1.29, 1.82) is 5.26 Å². The van der Waals surface area contributed by atoms with Gasteiger partial charge < -0.3 is 9.73 Å². The zero-order chi connectivity index (χ0) is 21.0. The van der Waals surface area contributed by atoms with E-state index in [-0.39, 0.29) is 27.7 Å². The summed E-state index contributed by atoms with van der Waals surface area (Å²) in [5, 5.41) is 22.5. The summed E-state index contributed by atoms with van der Waals surface area (Å²) in [4.78, 5) is 22.5. The molecule has 7 nitrogen and oxygen atoms in total. The largest absolute Gasteiger partial charge is 0.457 e. The predicted octanol–water partition coefficient (Wildman–Crippen LogP) is 5.19. The van der Waals surface area contributed by atoms with Crippen molar-refractivity contribution in [3.05, 3.63) is 86.9 Å². The van der Waals surface area contributed by atoms with Crippen LogP contribution in [-0.2, 0) is 4.79 Å². The number of halogens is 2. The molecule has 144 valence electrons. The minimum Gasteiger partial charge on any atom is -0.457 e. The second-order valence-corrected chi connectivity index (χ2v) is 6.13. The van der Waals surface area contributed by atoms with Gasteiger partial charge in [0.1, 0.15) is 29.0 Å². The van der Waals surface area contributed by atoms with Crippen LogP contribution in [0.4, 0.5) is 15.8 Å². The third-order valence-electron chi connectivity index (χ3n) is 3.83. The number of hydrogen-bond acceptors (Lipinski definition) is 5. The first kappa shape index (κ1) is 19.8. The number of nitro benzene ring substituents is 1. The van der Waals surface area contributed by atoms with Gasteiger partial charge in [0.25, 0.3) is 11.6 Å². The Morgan fingerprint density at radius 1 is 1.24 bits per heavy atom. The normalized spacial score (nSPS) is 11.0. The van der Waals surface area contributed by atoms with E-state index >= 15 is 0 Å². The SMILES string of the molecule is N#C/C(=C\c1ccc(-c2ccc([N+](=O)[O-])cc2Cl)o1)C(=O)Nc1ccccc1F. The van der Waals surface area contributed by atoms with Crippen LogP contribution in [-0.4, -0.2) is 10.8 Å². The Balaban J connectivity index is 1.84. The van der Waals surface area contributed by atoms with Crippen molar-refractivity contribution < 1.29 is 18.5 Å². The summed E-state index contributed by atoms with van der Waals surface area (Å²) in [6, 6.07) is 14.2. The Labute approximate surface area is 168 Å². The molecule has 1 amide bonds. The van der Waals surface area contributed by atoms with Crippen LogP contribution in [0, 0.1) is 27.3 Å². The lowest BCUT2D eigenvalue weighted by Gasteiger charge is -2.04. The molecule has 0 aliphatic heterocycles. The van der Waals surface area contributed by atoms with Crippen LogP contribution < -0.4 is 5.32 Å². The second kappa shape index (κ2) is 8.37. The first-order chi connectivity index (χ1) is 13.9. The Kier molecular flexibility index (Phi) is 5.71. The number of amides is 1. The van der Waals surface area contributed by atoms with Gasteiger partial charge in [0.2, 0.25) is 0 Å². The zero-order valence-electron chi connectivity index (χ0n) is 14.6. The third kappa shape index (κ3) is 4.48. The third-order valence-corrected chi connectivity index (χ3v) is 4.14. The van der Waals surface area contributed by atoms with E-state index in [4.69, 9.17) is 16.0 Å². The van der Waals surface area contributed by atoms with Crippen LogP contribution in [0.2, 0.25) is 5.02 Å². The number of anilines is 1. The first-order valence-electron chi connectivity index (χ1n) is 8.11. The van der Waals surface area contributed by atoms with Crippen molar-refractivity contribution in [3.63, 3.8) is 0 Å². The molecule has 0 saturated carbocycles. The summed E-state index contributed by atoms with van der Waals surface area (Å²) >= 11 is 6.07. The number of rotatable bonds is 5. The highest BCUT2D eigenvalue weighted by Crippen LogP contribution is 2.32. The number of para-hydroxylation sites is 1. The van der Waals surface area contributed by atoms with Gasteiger partial charge in [0.05, 0.1) is 15.6 Å². The Bertz CT molecular complexity index is 1180. The quantitative estimate of drug-likeness (QED) is 0.269. The maximum atomic E-state index is 13.7. The monoisotopic (exact) mass is 411 g/mol. The Morgan fingerprint density at radius 3 is 2.66 bits per heavy atom. The number of benzene rings is 2. The number of furan rings is 1. The maximum absolute atomic E-state index is 13.7. The molecule has 0 saturated heterocycles.